The lowest BCUT2D eigenvalue weighted by Gasteiger charge is -2.02. The third-order valence-corrected chi connectivity index (χ3v) is 3.27. The minimum atomic E-state index is -0.584. The summed E-state index contributed by atoms with van der Waals surface area (Å²) in [6.07, 6.45) is -0.584. The monoisotopic (exact) mass is 237 g/mol. The number of hydrogen-bond donors (Lipinski definition) is 1. The molecule has 0 amide bonds. The van der Waals surface area contributed by atoms with Gasteiger partial charge in [-0.25, -0.2) is 9.37 Å². The van der Waals surface area contributed by atoms with Gasteiger partial charge in [0.2, 0.25) is 0 Å². The Morgan fingerprint density at radius 1 is 1.44 bits per heavy atom. The largest absolute Gasteiger partial charge is 0.387 e. The van der Waals surface area contributed by atoms with Gasteiger partial charge in [-0.15, -0.1) is 11.3 Å². The van der Waals surface area contributed by atoms with Gasteiger partial charge in [0.1, 0.15) is 10.8 Å². The molecule has 1 atom stereocenters. The first-order chi connectivity index (χ1) is 7.58. The highest BCUT2D eigenvalue weighted by atomic mass is 32.1. The molecule has 2 aromatic rings. The highest BCUT2D eigenvalue weighted by Crippen LogP contribution is 2.29. The van der Waals surface area contributed by atoms with Crippen LogP contribution in [0.1, 0.15) is 24.3 Å². The SMILES string of the molecule is Cc1ccc(F)cc1-c1nc(C(C)O)cs1. The fraction of sp³-hybridized carbons (Fsp3) is 0.250. The van der Waals surface area contributed by atoms with Gasteiger partial charge < -0.3 is 5.11 Å². The molecule has 1 unspecified atom stereocenters. The van der Waals surface area contributed by atoms with E-state index in [-0.39, 0.29) is 5.82 Å². The van der Waals surface area contributed by atoms with E-state index in [2.05, 4.69) is 4.98 Å². The van der Waals surface area contributed by atoms with E-state index in [4.69, 9.17) is 0 Å². The molecule has 0 fully saturated rings. The number of rotatable bonds is 2. The van der Waals surface area contributed by atoms with Gasteiger partial charge in [0.15, 0.2) is 0 Å². The fourth-order valence-corrected chi connectivity index (χ4v) is 2.41. The lowest BCUT2D eigenvalue weighted by molar-refractivity contribution is 0.195. The maximum Gasteiger partial charge on any atom is 0.124 e. The molecule has 0 spiro atoms. The Balaban J connectivity index is 2.46. The molecular weight excluding hydrogens is 225 g/mol. The molecule has 1 aromatic heterocycles. The van der Waals surface area contributed by atoms with Gasteiger partial charge in [-0.3, -0.25) is 0 Å². The number of nitrogens with zero attached hydrogens (tertiary/aromatic N) is 1. The number of aromatic nitrogens is 1. The minimum absolute atomic E-state index is 0.269. The number of benzene rings is 1. The first-order valence-corrected chi connectivity index (χ1v) is 5.86. The highest BCUT2D eigenvalue weighted by Gasteiger charge is 2.10. The second-order valence-electron chi connectivity index (χ2n) is 3.71. The minimum Gasteiger partial charge on any atom is -0.387 e. The van der Waals surface area contributed by atoms with Crippen molar-refractivity contribution in [3.63, 3.8) is 0 Å². The van der Waals surface area contributed by atoms with Crippen LogP contribution in [0.2, 0.25) is 0 Å². The zero-order chi connectivity index (χ0) is 11.7. The van der Waals surface area contributed by atoms with Crippen molar-refractivity contribution in [3.8, 4) is 10.6 Å². The van der Waals surface area contributed by atoms with Crippen LogP contribution in [-0.2, 0) is 0 Å². The summed E-state index contributed by atoms with van der Waals surface area (Å²) in [4.78, 5) is 4.28. The van der Waals surface area contributed by atoms with Crippen molar-refractivity contribution in [2.24, 2.45) is 0 Å². The summed E-state index contributed by atoms with van der Waals surface area (Å²) in [7, 11) is 0. The second-order valence-corrected chi connectivity index (χ2v) is 4.57. The molecule has 2 rings (SSSR count). The van der Waals surface area contributed by atoms with E-state index in [1.165, 1.54) is 23.5 Å². The molecule has 0 aliphatic heterocycles. The maximum absolute atomic E-state index is 13.1. The molecule has 84 valence electrons. The summed E-state index contributed by atoms with van der Waals surface area (Å²) in [5.41, 5.74) is 2.40. The van der Waals surface area contributed by atoms with Crippen LogP contribution in [-0.4, -0.2) is 10.1 Å². The first-order valence-electron chi connectivity index (χ1n) is 4.98. The fourth-order valence-electron chi connectivity index (χ4n) is 1.43. The number of aliphatic hydroxyl groups excluding tert-OH is 1. The summed E-state index contributed by atoms with van der Waals surface area (Å²) >= 11 is 1.42. The zero-order valence-corrected chi connectivity index (χ0v) is 9.88. The second kappa shape index (κ2) is 4.31. The molecule has 0 aliphatic rings. The number of halogens is 1. The van der Waals surface area contributed by atoms with Crippen LogP contribution in [0.3, 0.4) is 0 Å². The molecule has 0 radical (unpaired) electrons. The van der Waals surface area contributed by atoms with Crippen LogP contribution < -0.4 is 0 Å². The van der Waals surface area contributed by atoms with E-state index in [9.17, 15) is 9.50 Å². The Labute approximate surface area is 97.4 Å². The lowest BCUT2D eigenvalue weighted by atomic mass is 10.1. The zero-order valence-electron chi connectivity index (χ0n) is 9.07. The van der Waals surface area contributed by atoms with Crippen LogP contribution >= 0.6 is 11.3 Å². The molecule has 1 heterocycles. The molecule has 0 bridgehead atoms. The van der Waals surface area contributed by atoms with Gasteiger partial charge in [-0.1, -0.05) is 6.07 Å². The van der Waals surface area contributed by atoms with Crippen molar-refractivity contribution in [2.45, 2.75) is 20.0 Å². The molecular formula is C12H12FNOS. The highest BCUT2D eigenvalue weighted by molar-refractivity contribution is 7.13. The number of thiazole rings is 1. The van der Waals surface area contributed by atoms with E-state index < -0.39 is 6.10 Å². The van der Waals surface area contributed by atoms with Crippen molar-refractivity contribution < 1.29 is 9.50 Å². The number of aryl methyl sites for hydroxylation is 1. The van der Waals surface area contributed by atoms with Crippen molar-refractivity contribution in [1.29, 1.82) is 0 Å². The molecule has 0 saturated carbocycles. The van der Waals surface area contributed by atoms with Crippen LogP contribution in [0.25, 0.3) is 10.6 Å². The summed E-state index contributed by atoms with van der Waals surface area (Å²) in [5, 5.41) is 11.9. The predicted octanol–water partition coefficient (Wildman–Crippen LogP) is 3.31. The molecule has 16 heavy (non-hydrogen) atoms. The lowest BCUT2D eigenvalue weighted by Crippen LogP contribution is -1.91. The van der Waals surface area contributed by atoms with Crippen LogP contribution in [0.15, 0.2) is 23.6 Å². The molecule has 0 saturated heterocycles. The first kappa shape index (κ1) is 11.2. The topological polar surface area (TPSA) is 33.1 Å². The van der Waals surface area contributed by atoms with Crippen molar-refractivity contribution >= 4 is 11.3 Å². The average molecular weight is 237 g/mol. The van der Waals surface area contributed by atoms with Gasteiger partial charge in [-0.2, -0.15) is 0 Å². The van der Waals surface area contributed by atoms with E-state index in [0.717, 1.165) is 16.1 Å². The summed E-state index contributed by atoms with van der Waals surface area (Å²) in [6.45, 7) is 3.58. The van der Waals surface area contributed by atoms with E-state index in [1.807, 2.05) is 6.92 Å². The quantitative estimate of drug-likeness (QED) is 0.869. The average Bonchev–Trinajstić information content (AvgIpc) is 2.70. The van der Waals surface area contributed by atoms with E-state index >= 15 is 0 Å². The Morgan fingerprint density at radius 2 is 2.19 bits per heavy atom. The van der Waals surface area contributed by atoms with E-state index in [0.29, 0.717) is 5.69 Å². The Kier molecular flexibility index (Phi) is 3.03. The van der Waals surface area contributed by atoms with Gasteiger partial charge in [0, 0.05) is 10.9 Å². The van der Waals surface area contributed by atoms with Crippen molar-refractivity contribution in [2.75, 3.05) is 0 Å². The van der Waals surface area contributed by atoms with Crippen molar-refractivity contribution in [1.82, 2.24) is 4.98 Å². The summed E-state index contributed by atoms with van der Waals surface area (Å²) < 4.78 is 13.1. The van der Waals surface area contributed by atoms with E-state index in [1.54, 1.807) is 18.4 Å². The summed E-state index contributed by atoms with van der Waals surface area (Å²) in [6, 6.07) is 4.64. The molecule has 1 aromatic carbocycles. The number of aliphatic hydroxyl groups is 1. The Bertz CT molecular complexity index is 507. The Hall–Kier alpha value is -1.26. The molecule has 1 N–H and O–H groups in total. The van der Waals surface area contributed by atoms with Gasteiger partial charge in [0.05, 0.1) is 11.8 Å². The molecule has 0 aliphatic carbocycles. The predicted molar refractivity (Wildman–Crippen MR) is 62.9 cm³/mol. The summed E-state index contributed by atoms with van der Waals surface area (Å²) in [5.74, 6) is -0.269. The third-order valence-electron chi connectivity index (χ3n) is 2.38. The Morgan fingerprint density at radius 3 is 2.81 bits per heavy atom. The maximum atomic E-state index is 13.1. The molecule has 4 heteroatoms. The normalized spacial score (nSPS) is 12.8. The van der Waals surface area contributed by atoms with Crippen molar-refractivity contribution in [3.05, 3.63) is 40.7 Å². The van der Waals surface area contributed by atoms with Gasteiger partial charge >= 0.3 is 0 Å². The van der Waals surface area contributed by atoms with Crippen LogP contribution in [0.5, 0.6) is 0 Å². The standard InChI is InChI=1S/C12H12FNOS/c1-7-3-4-9(13)5-10(7)12-14-11(6-16-12)8(2)15/h3-6,8,15H,1-2H3. The van der Waals surface area contributed by atoms with Gasteiger partial charge in [0.25, 0.3) is 0 Å². The third kappa shape index (κ3) is 2.13. The van der Waals surface area contributed by atoms with Crippen LogP contribution in [0, 0.1) is 12.7 Å². The molecule has 2 nitrogen and oxygen atoms in total. The van der Waals surface area contributed by atoms with Crippen LogP contribution in [0.4, 0.5) is 4.39 Å². The smallest absolute Gasteiger partial charge is 0.124 e. The number of hydrogen-bond acceptors (Lipinski definition) is 3. The van der Waals surface area contributed by atoms with Gasteiger partial charge in [-0.05, 0) is 31.5 Å².